The lowest BCUT2D eigenvalue weighted by Gasteiger charge is -2.10. The first-order valence-corrected chi connectivity index (χ1v) is 6.86. The van der Waals surface area contributed by atoms with Crippen LogP contribution in [0.1, 0.15) is 5.56 Å². The van der Waals surface area contributed by atoms with Gasteiger partial charge in [0, 0.05) is 10.2 Å². The lowest BCUT2D eigenvalue weighted by molar-refractivity contribution is 0.262. The summed E-state index contributed by atoms with van der Waals surface area (Å²) in [5.41, 5.74) is 2.50. The molecule has 4 nitrogen and oxygen atoms in total. The highest BCUT2D eigenvalue weighted by atomic mass is 79.9. The molecule has 0 aliphatic heterocycles. The van der Waals surface area contributed by atoms with E-state index in [2.05, 4.69) is 26.6 Å². The number of carbonyl (C=O) groups is 1. The van der Waals surface area contributed by atoms with Crippen LogP contribution in [0.25, 0.3) is 0 Å². The number of hydrogen-bond donors (Lipinski definition) is 2. The Morgan fingerprint density at radius 2 is 1.80 bits per heavy atom. The topological polar surface area (TPSA) is 50.4 Å². The number of amides is 2. The number of ether oxygens (including phenoxy) is 1. The summed E-state index contributed by atoms with van der Waals surface area (Å²) in [7, 11) is 1.60. The van der Waals surface area contributed by atoms with Crippen LogP contribution in [0.2, 0.25) is 0 Å². The van der Waals surface area contributed by atoms with E-state index >= 15 is 0 Å². The SMILES string of the molecule is COc1ccc(NC(=O)Nc2cccc(C)c2Br)cc1. The van der Waals surface area contributed by atoms with Crippen molar-refractivity contribution in [2.45, 2.75) is 6.92 Å². The van der Waals surface area contributed by atoms with Crippen LogP contribution in [-0.2, 0) is 0 Å². The van der Waals surface area contributed by atoms with Gasteiger partial charge in [0.2, 0.25) is 0 Å². The van der Waals surface area contributed by atoms with Gasteiger partial charge in [-0.2, -0.15) is 0 Å². The molecular weight excluding hydrogens is 320 g/mol. The van der Waals surface area contributed by atoms with Crippen LogP contribution in [0.15, 0.2) is 46.9 Å². The molecule has 0 fully saturated rings. The smallest absolute Gasteiger partial charge is 0.323 e. The molecule has 2 aromatic rings. The maximum atomic E-state index is 11.9. The molecule has 0 saturated heterocycles. The van der Waals surface area contributed by atoms with Crippen molar-refractivity contribution in [3.05, 3.63) is 52.5 Å². The molecule has 2 N–H and O–H groups in total. The monoisotopic (exact) mass is 334 g/mol. The average molecular weight is 335 g/mol. The number of methoxy groups -OCH3 is 1. The Bertz CT molecular complexity index is 612. The van der Waals surface area contributed by atoms with Crippen molar-refractivity contribution >= 4 is 33.3 Å². The Labute approximate surface area is 126 Å². The third kappa shape index (κ3) is 3.51. The van der Waals surface area contributed by atoms with Gasteiger partial charge < -0.3 is 15.4 Å². The van der Waals surface area contributed by atoms with Gasteiger partial charge in [-0.15, -0.1) is 0 Å². The van der Waals surface area contributed by atoms with Gasteiger partial charge in [0.05, 0.1) is 12.8 Å². The van der Waals surface area contributed by atoms with E-state index in [0.29, 0.717) is 5.69 Å². The van der Waals surface area contributed by atoms with Crippen molar-refractivity contribution in [2.75, 3.05) is 17.7 Å². The van der Waals surface area contributed by atoms with Gasteiger partial charge in [0.15, 0.2) is 0 Å². The second-order valence-corrected chi connectivity index (χ2v) is 5.04. The van der Waals surface area contributed by atoms with Gasteiger partial charge in [-0.05, 0) is 58.7 Å². The predicted octanol–water partition coefficient (Wildman–Crippen LogP) is 4.41. The maximum absolute atomic E-state index is 11.9. The number of anilines is 2. The highest BCUT2D eigenvalue weighted by Crippen LogP contribution is 2.25. The van der Waals surface area contributed by atoms with Gasteiger partial charge in [0.1, 0.15) is 5.75 Å². The minimum atomic E-state index is -0.290. The normalized spacial score (nSPS) is 9.95. The molecule has 2 aromatic carbocycles. The van der Waals surface area contributed by atoms with E-state index < -0.39 is 0 Å². The molecule has 0 saturated carbocycles. The Balaban J connectivity index is 2.03. The molecule has 0 unspecified atom stereocenters. The van der Waals surface area contributed by atoms with E-state index in [1.807, 2.05) is 25.1 Å². The molecule has 0 heterocycles. The van der Waals surface area contributed by atoms with Crippen LogP contribution in [0.5, 0.6) is 5.75 Å². The van der Waals surface area contributed by atoms with Gasteiger partial charge in [-0.25, -0.2) is 4.79 Å². The quantitative estimate of drug-likeness (QED) is 0.873. The number of aryl methyl sites for hydroxylation is 1. The summed E-state index contributed by atoms with van der Waals surface area (Å²) in [6, 6.07) is 12.6. The zero-order valence-corrected chi connectivity index (χ0v) is 12.8. The van der Waals surface area contributed by atoms with Crippen LogP contribution in [-0.4, -0.2) is 13.1 Å². The number of halogens is 1. The van der Waals surface area contributed by atoms with E-state index in [1.165, 1.54) is 0 Å². The third-order valence-electron chi connectivity index (χ3n) is 2.79. The Morgan fingerprint density at radius 1 is 1.10 bits per heavy atom. The summed E-state index contributed by atoms with van der Waals surface area (Å²) >= 11 is 3.45. The maximum Gasteiger partial charge on any atom is 0.323 e. The first-order chi connectivity index (χ1) is 9.60. The van der Waals surface area contributed by atoms with Gasteiger partial charge in [-0.3, -0.25) is 0 Å². The molecule has 0 bridgehead atoms. The van der Waals surface area contributed by atoms with E-state index in [4.69, 9.17) is 4.74 Å². The van der Waals surface area contributed by atoms with Crippen LogP contribution in [0.3, 0.4) is 0 Å². The predicted molar refractivity (Wildman–Crippen MR) is 84.5 cm³/mol. The minimum absolute atomic E-state index is 0.290. The van der Waals surface area contributed by atoms with Crippen molar-refractivity contribution in [1.29, 1.82) is 0 Å². The van der Waals surface area contributed by atoms with Gasteiger partial charge in [-0.1, -0.05) is 12.1 Å². The van der Waals surface area contributed by atoms with Crippen LogP contribution >= 0.6 is 15.9 Å². The minimum Gasteiger partial charge on any atom is -0.497 e. The number of hydrogen-bond acceptors (Lipinski definition) is 2. The van der Waals surface area contributed by atoms with Crippen molar-refractivity contribution in [3.63, 3.8) is 0 Å². The van der Waals surface area contributed by atoms with E-state index in [0.717, 1.165) is 21.5 Å². The van der Waals surface area contributed by atoms with Gasteiger partial charge in [0.25, 0.3) is 0 Å². The standard InChI is InChI=1S/C15H15BrN2O2/c1-10-4-3-5-13(14(10)16)18-15(19)17-11-6-8-12(20-2)9-7-11/h3-9H,1-2H3,(H2,17,18,19). The number of rotatable bonds is 3. The lowest BCUT2D eigenvalue weighted by Crippen LogP contribution is -2.19. The fraction of sp³-hybridized carbons (Fsp3) is 0.133. The zero-order valence-electron chi connectivity index (χ0n) is 11.2. The van der Waals surface area contributed by atoms with Crippen LogP contribution < -0.4 is 15.4 Å². The van der Waals surface area contributed by atoms with Crippen LogP contribution in [0.4, 0.5) is 16.2 Å². The molecule has 104 valence electrons. The fourth-order valence-corrected chi connectivity index (χ4v) is 2.07. The second kappa shape index (κ2) is 6.43. The molecule has 5 heteroatoms. The molecule has 0 atom stereocenters. The number of benzene rings is 2. The summed E-state index contributed by atoms with van der Waals surface area (Å²) in [6.45, 7) is 1.97. The largest absolute Gasteiger partial charge is 0.497 e. The summed E-state index contributed by atoms with van der Waals surface area (Å²) in [6.07, 6.45) is 0. The molecule has 2 amide bonds. The summed E-state index contributed by atoms with van der Waals surface area (Å²) in [5, 5.41) is 5.56. The molecule has 0 aliphatic rings. The average Bonchev–Trinajstić information content (AvgIpc) is 2.45. The summed E-state index contributed by atoms with van der Waals surface area (Å²) < 4.78 is 5.94. The molecule has 0 aromatic heterocycles. The van der Waals surface area contributed by atoms with E-state index in [-0.39, 0.29) is 6.03 Å². The van der Waals surface area contributed by atoms with Crippen molar-refractivity contribution < 1.29 is 9.53 Å². The van der Waals surface area contributed by atoms with E-state index in [1.54, 1.807) is 31.4 Å². The van der Waals surface area contributed by atoms with Gasteiger partial charge >= 0.3 is 6.03 Å². The lowest BCUT2D eigenvalue weighted by atomic mass is 10.2. The van der Waals surface area contributed by atoms with Crippen LogP contribution in [0, 0.1) is 6.92 Å². The number of urea groups is 1. The molecule has 0 radical (unpaired) electrons. The number of carbonyl (C=O) groups excluding carboxylic acids is 1. The highest BCUT2D eigenvalue weighted by Gasteiger charge is 2.07. The summed E-state index contributed by atoms with van der Waals surface area (Å²) in [5.74, 6) is 0.748. The molecular formula is C15H15BrN2O2. The molecule has 0 spiro atoms. The summed E-state index contributed by atoms with van der Waals surface area (Å²) in [4.78, 5) is 11.9. The van der Waals surface area contributed by atoms with E-state index in [9.17, 15) is 4.79 Å². The van der Waals surface area contributed by atoms with Crippen molar-refractivity contribution in [1.82, 2.24) is 0 Å². The fourth-order valence-electron chi connectivity index (χ4n) is 1.70. The molecule has 20 heavy (non-hydrogen) atoms. The Kier molecular flexibility index (Phi) is 4.63. The Morgan fingerprint density at radius 3 is 2.45 bits per heavy atom. The zero-order chi connectivity index (χ0) is 14.5. The second-order valence-electron chi connectivity index (χ2n) is 4.24. The number of nitrogens with one attached hydrogen (secondary N) is 2. The first kappa shape index (κ1) is 14.4. The highest BCUT2D eigenvalue weighted by molar-refractivity contribution is 9.10. The van der Waals surface area contributed by atoms with Crippen molar-refractivity contribution in [3.8, 4) is 5.75 Å². The Hall–Kier alpha value is -2.01. The van der Waals surface area contributed by atoms with Crippen molar-refractivity contribution in [2.24, 2.45) is 0 Å². The molecule has 0 aliphatic carbocycles. The third-order valence-corrected chi connectivity index (χ3v) is 3.84. The molecule has 2 rings (SSSR count). The first-order valence-electron chi connectivity index (χ1n) is 6.07.